The first kappa shape index (κ1) is 14.4. The maximum Gasteiger partial charge on any atom is 0.419 e. The zero-order chi connectivity index (χ0) is 15.2. The van der Waals surface area contributed by atoms with E-state index in [0.717, 1.165) is 25.0 Å². The molecular formula is C14H9BrF4N2. The number of benzene rings is 1. The molecule has 1 heterocycles. The molecule has 1 fully saturated rings. The smallest absolute Gasteiger partial charge is 0.233 e. The molecule has 21 heavy (non-hydrogen) atoms. The summed E-state index contributed by atoms with van der Waals surface area (Å²) in [6.07, 6.45) is -2.71. The first-order chi connectivity index (χ1) is 9.84. The van der Waals surface area contributed by atoms with Crippen LogP contribution in [0.4, 0.5) is 17.6 Å². The molecule has 0 amide bonds. The lowest BCUT2D eigenvalue weighted by Gasteiger charge is -2.10. The molecule has 0 radical (unpaired) electrons. The number of rotatable bonds is 2. The molecule has 0 spiro atoms. The van der Waals surface area contributed by atoms with Crippen LogP contribution in [0.15, 0.2) is 28.9 Å². The third-order valence-corrected chi connectivity index (χ3v) is 3.63. The predicted molar refractivity (Wildman–Crippen MR) is 72.1 cm³/mol. The van der Waals surface area contributed by atoms with Crippen LogP contribution in [0, 0.1) is 5.82 Å². The minimum absolute atomic E-state index is 0.292. The Morgan fingerprint density at radius 1 is 1.10 bits per heavy atom. The third kappa shape index (κ3) is 3.07. The molecule has 0 saturated heterocycles. The molecule has 0 unspecified atom stereocenters. The van der Waals surface area contributed by atoms with Gasteiger partial charge >= 0.3 is 6.18 Å². The first-order valence-corrected chi connectivity index (χ1v) is 7.05. The lowest BCUT2D eigenvalue weighted by Crippen LogP contribution is -2.08. The average molecular weight is 361 g/mol. The molecule has 3 rings (SSSR count). The van der Waals surface area contributed by atoms with Crippen LogP contribution in [0.1, 0.15) is 30.1 Å². The lowest BCUT2D eigenvalue weighted by molar-refractivity contribution is -0.139. The van der Waals surface area contributed by atoms with Gasteiger partial charge in [0.05, 0.1) is 11.3 Å². The number of hydrogen-bond acceptors (Lipinski definition) is 2. The molecule has 0 aliphatic heterocycles. The van der Waals surface area contributed by atoms with Gasteiger partial charge in [0.2, 0.25) is 0 Å². The van der Waals surface area contributed by atoms with E-state index in [1.165, 1.54) is 6.07 Å². The summed E-state index contributed by atoms with van der Waals surface area (Å²) in [7, 11) is 0. The summed E-state index contributed by atoms with van der Waals surface area (Å²) in [5, 5.41) is 0. The van der Waals surface area contributed by atoms with Crippen LogP contribution in [-0.4, -0.2) is 9.97 Å². The zero-order valence-corrected chi connectivity index (χ0v) is 12.2. The van der Waals surface area contributed by atoms with E-state index in [4.69, 9.17) is 0 Å². The standard InChI is InChI=1S/C14H9BrF4N2/c15-12-6-11(20-13(21-12)7-1-2-7)8-3-4-9(10(16)5-8)14(17,18)19/h3-7H,1-2H2. The minimum Gasteiger partial charge on any atom is -0.233 e. The zero-order valence-electron chi connectivity index (χ0n) is 10.6. The Morgan fingerprint density at radius 3 is 2.38 bits per heavy atom. The van der Waals surface area contributed by atoms with Crippen LogP contribution >= 0.6 is 15.9 Å². The summed E-state index contributed by atoms with van der Waals surface area (Å²) in [6.45, 7) is 0. The molecule has 1 aliphatic carbocycles. The fraction of sp³-hybridized carbons (Fsp3) is 0.286. The summed E-state index contributed by atoms with van der Waals surface area (Å²) >= 11 is 3.25. The van der Waals surface area contributed by atoms with E-state index in [-0.39, 0.29) is 0 Å². The van der Waals surface area contributed by atoms with Crippen LogP contribution in [0.2, 0.25) is 0 Å². The summed E-state index contributed by atoms with van der Waals surface area (Å²) in [6, 6.07) is 4.37. The van der Waals surface area contributed by atoms with Gasteiger partial charge in [0.15, 0.2) is 0 Å². The van der Waals surface area contributed by atoms with Gasteiger partial charge in [-0.15, -0.1) is 0 Å². The molecule has 1 aromatic heterocycles. The molecule has 110 valence electrons. The van der Waals surface area contributed by atoms with Gasteiger partial charge < -0.3 is 0 Å². The molecule has 1 saturated carbocycles. The van der Waals surface area contributed by atoms with Crippen LogP contribution < -0.4 is 0 Å². The highest BCUT2D eigenvalue weighted by molar-refractivity contribution is 9.10. The van der Waals surface area contributed by atoms with Crippen LogP contribution in [0.5, 0.6) is 0 Å². The van der Waals surface area contributed by atoms with Crippen molar-refractivity contribution in [3.63, 3.8) is 0 Å². The van der Waals surface area contributed by atoms with E-state index in [1.54, 1.807) is 6.07 Å². The van der Waals surface area contributed by atoms with E-state index in [1.807, 2.05) is 0 Å². The molecule has 2 aromatic rings. The van der Waals surface area contributed by atoms with Gasteiger partial charge in [-0.1, -0.05) is 6.07 Å². The fourth-order valence-corrected chi connectivity index (χ4v) is 2.41. The highest BCUT2D eigenvalue weighted by Gasteiger charge is 2.34. The van der Waals surface area contributed by atoms with Gasteiger partial charge in [-0.2, -0.15) is 13.2 Å². The number of aromatic nitrogens is 2. The van der Waals surface area contributed by atoms with E-state index in [0.29, 0.717) is 27.6 Å². The van der Waals surface area contributed by atoms with Gasteiger partial charge in [-0.05, 0) is 47.0 Å². The Kier molecular flexibility index (Phi) is 3.47. The van der Waals surface area contributed by atoms with Crippen molar-refractivity contribution in [3.8, 4) is 11.3 Å². The molecule has 0 bridgehead atoms. The summed E-state index contributed by atoms with van der Waals surface area (Å²) in [5.74, 6) is -0.372. The van der Waals surface area contributed by atoms with Crippen molar-refractivity contribution in [1.29, 1.82) is 0 Å². The molecule has 2 nitrogen and oxygen atoms in total. The van der Waals surface area contributed by atoms with Gasteiger partial charge in [0, 0.05) is 11.5 Å². The normalized spacial score (nSPS) is 15.3. The van der Waals surface area contributed by atoms with Gasteiger partial charge in [0.25, 0.3) is 0 Å². The maximum absolute atomic E-state index is 13.6. The van der Waals surface area contributed by atoms with Crippen molar-refractivity contribution < 1.29 is 17.6 Å². The van der Waals surface area contributed by atoms with E-state index in [9.17, 15) is 17.6 Å². The third-order valence-electron chi connectivity index (χ3n) is 3.22. The molecule has 1 aromatic carbocycles. The predicted octanol–water partition coefficient (Wildman–Crippen LogP) is 4.94. The van der Waals surface area contributed by atoms with Gasteiger partial charge in [-0.3, -0.25) is 0 Å². The van der Waals surface area contributed by atoms with Gasteiger partial charge in [0.1, 0.15) is 16.2 Å². The van der Waals surface area contributed by atoms with Crippen LogP contribution in [-0.2, 0) is 6.18 Å². The van der Waals surface area contributed by atoms with Crippen LogP contribution in [0.3, 0.4) is 0 Å². The average Bonchev–Trinajstić information content (AvgIpc) is 3.20. The van der Waals surface area contributed by atoms with E-state index < -0.39 is 17.6 Å². The highest BCUT2D eigenvalue weighted by atomic mass is 79.9. The highest BCUT2D eigenvalue weighted by Crippen LogP contribution is 2.39. The Hall–Kier alpha value is -1.50. The van der Waals surface area contributed by atoms with E-state index in [2.05, 4.69) is 25.9 Å². The summed E-state index contributed by atoms with van der Waals surface area (Å²) < 4.78 is 51.8. The summed E-state index contributed by atoms with van der Waals surface area (Å²) in [4.78, 5) is 8.54. The van der Waals surface area contributed by atoms with Crippen molar-refractivity contribution in [2.24, 2.45) is 0 Å². The van der Waals surface area contributed by atoms with Crippen molar-refractivity contribution >= 4 is 15.9 Å². The van der Waals surface area contributed by atoms with Crippen molar-refractivity contribution in [2.45, 2.75) is 24.9 Å². The second-order valence-electron chi connectivity index (χ2n) is 4.90. The molecule has 0 atom stereocenters. The lowest BCUT2D eigenvalue weighted by atomic mass is 10.1. The van der Waals surface area contributed by atoms with Crippen molar-refractivity contribution in [2.75, 3.05) is 0 Å². The molecule has 7 heteroatoms. The van der Waals surface area contributed by atoms with Crippen molar-refractivity contribution in [1.82, 2.24) is 9.97 Å². The second-order valence-corrected chi connectivity index (χ2v) is 5.71. The van der Waals surface area contributed by atoms with Crippen LogP contribution in [0.25, 0.3) is 11.3 Å². The Bertz CT molecular complexity index is 696. The fourth-order valence-electron chi connectivity index (χ4n) is 2.01. The number of halogens is 5. The summed E-state index contributed by atoms with van der Waals surface area (Å²) in [5.41, 5.74) is -0.571. The Labute approximate surface area is 126 Å². The van der Waals surface area contributed by atoms with Gasteiger partial charge in [-0.25, -0.2) is 14.4 Å². The van der Waals surface area contributed by atoms with Crippen molar-refractivity contribution in [3.05, 3.63) is 46.1 Å². The number of hydrogen-bond donors (Lipinski definition) is 0. The van der Waals surface area contributed by atoms with E-state index >= 15 is 0 Å². The quantitative estimate of drug-likeness (QED) is 0.559. The largest absolute Gasteiger partial charge is 0.419 e. The molecule has 0 N–H and O–H groups in total. The Morgan fingerprint density at radius 2 is 1.81 bits per heavy atom. The Balaban J connectivity index is 2.03. The topological polar surface area (TPSA) is 25.8 Å². The monoisotopic (exact) mass is 360 g/mol. The maximum atomic E-state index is 13.6. The molecular weight excluding hydrogens is 352 g/mol. The SMILES string of the molecule is Fc1cc(-c2cc(Br)nc(C3CC3)n2)ccc1C(F)(F)F. The molecule has 1 aliphatic rings. The second kappa shape index (κ2) is 5.05. The first-order valence-electron chi connectivity index (χ1n) is 6.26. The number of alkyl halides is 3. The number of nitrogens with zero attached hydrogens (tertiary/aromatic N) is 2. The minimum atomic E-state index is -4.70.